The maximum absolute atomic E-state index is 9.43. The zero-order chi connectivity index (χ0) is 20.7. The lowest BCUT2D eigenvalue weighted by atomic mass is 9.84. The van der Waals surface area contributed by atoms with E-state index in [1.165, 1.54) is 11.1 Å². The molecule has 2 heterocycles. The summed E-state index contributed by atoms with van der Waals surface area (Å²) in [5.74, 6) is 1.38. The summed E-state index contributed by atoms with van der Waals surface area (Å²) in [5.41, 5.74) is 2.96. The van der Waals surface area contributed by atoms with E-state index in [1.54, 1.807) is 0 Å². The van der Waals surface area contributed by atoms with Crippen LogP contribution in [-0.4, -0.2) is 68.5 Å². The fourth-order valence-electron chi connectivity index (χ4n) is 4.59. The zero-order valence-corrected chi connectivity index (χ0v) is 18.3. The highest BCUT2D eigenvalue weighted by Gasteiger charge is 2.34. The number of nitrogens with one attached hydrogen (secondary N) is 2. The van der Waals surface area contributed by atoms with Gasteiger partial charge in [-0.2, -0.15) is 0 Å². The molecule has 2 aliphatic rings. The standard InChI is InChI=1S/C23H38N4O2/c1-18(2)21(27-11-8-19-6-4-5-7-20(19)15-27)14-25-22(24-3)26-16-23(9-12-28)10-13-29-17-23/h4-7,18,21,28H,8-17H2,1-3H3,(H2,24,25,26). The van der Waals surface area contributed by atoms with Crippen molar-refractivity contribution in [1.82, 2.24) is 15.5 Å². The molecule has 29 heavy (non-hydrogen) atoms. The zero-order valence-electron chi connectivity index (χ0n) is 18.3. The number of nitrogens with zero attached hydrogens (tertiary/aromatic N) is 2. The third kappa shape index (κ3) is 5.71. The van der Waals surface area contributed by atoms with Crippen LogP contribution >= 0.6 is 0 Å². The summed E-state index contributed by atoms with van der Waals surface area (Å²) in [7, 11) is 1.82. The van der Waals surface area contributed by atoms with Crippen LogP contribution in [0.25, 0.3) is 0 Å². The van der Waals surface area contributed by atoms with Crippen molar-refractivity contribution in [2.75, 3.05) is 46.5 Å². The molecule has 3 N–H and O–H groups in total. The van der Waals surface area contributed by atoms with Crippen LogP contribution in [0.15, 0.2) is 29.3 Å². The molecule has 0 bridgehead atoms. The molecular formula is C23H38N4O2. The fourth-order valence-corrected chi connectivity index (χ4v) is 4.59. The molecule has 1 saturated heterocycles. The van der Waals surface area contributed by atoms with Crippen LogP contribution in [0, 0.1) is 11.3 Å². The number of rotatable bonds is 8. The number of hydrogen-bond donors (Lipinski definition) is 3. The van der Waals surface area contributed by atoms with Gasteiger partial charge in [0.2, 0.25) is 0 Å². The molecule has 1 aromatic carbocycles. The van der Waals surface area contributed by atoms with Gasteiger partial charge in [-0.3, -0.25) is 9.89 Å². The molecule has 0 aliphatic carbocycles. The summed E-state index contributed by atoms with van der Waals surface area (Å²) in [6, 6.07) is 9.26. The Morgan fingerprint density at radius 3 is 2.72 bits per heavy atom. The van der Waals surface area contributed by atoms with E-state index in [-0.39, 0.29) is 12.0 Å². The largest absolute Gasteiger partial charge is 0.396 e. The molecule has 0 radical (unpaired) electrons. The minimum Gasteiger partial charge on any atom is -0.396 e. The van der Waals surface area contributed by atoms with Gasteiger partial charge >= 0.3 is 0 Å². The first-order valence-electron chi connectivity index (χ1n) is 11.0. The molecule has 0 spiro atoms. The van der Waals surface area contributed by atoms with Gasteiger partial charge in [0.1, 0.15) is 0 Å². The minimum absolute atomic E-state index is 0.0143. The second-order valence-corrected chi connectivity index (χ2v) is 8.88. The SMILES string of the molecule is CN=C(NCC(C(C)C)N1CCc2ccccc2C1)NCC1(CCO)CCOC1. The van der Waals surface area contributed by atoms with Crippen molar-refractivity contribution in [2.24, 2.45) is 16.3 Å². The number of aliphatic hydroxyl groups is 1. The molecule has 6 nitrogen and oxygen atoms in total. The van der Waals surface area contributed by atoms with Gasteiger partial charge in [-0.15, -0.1) is 0 Å². The molecule has 2 atom stereocenters. The van der Waals surface area contributed by atoms with Gasteiger partial charge in [-0.05, 0) is 36.3 Å². The molecule has 3 rings (SSSR count). The van der Waals surface area contributed by atoms with E-state index in [2.05, 4.69) is 58.6 Å². The number of benzene rings is 1. The Balaban J connectivity index is 1.55. The summed E-state index contributed by atoms with van der Waals surface area (Å²) in [4.78, 5) is 7.03. The van der Waals surface area contributed by atoms with Crippen LogP contribution in [0.4, 0.5) is 0 Å². The third-order valence-electron chi connectivity index (χ3n) is 6.56. The average molecular weight is 403 g/mol. The average Bonchev–Trinajstić information content (AvgIpc) is 3.19. The van der Waals surface area contributed by atoms with Crippen LogP contribution in [0.5, 0.6) is 0 Å². The van der Waals surface area contributed by atoms with E-state index in [1.807, 2.05) is 7.05 Å². The maximum atomic E-state index is 9.43. The number of guanidine groups is 1. The van der Waals surface area contributed by atoms with Gasteiger partial charge in [0.15, 0.2) is 5.96 Å². The lowest BCUT2D eigenvalue weighted by molar-refractivity contribution is 0.127. The Morgan fingerprint density at radius 1 is 1.28 bits per heavy atom. The predicted molar refractivity (Wildman–Crippen MR) is 118 cm³/mol. The normalized spacial score (nSPS) is 23.8. The first kappa shape index (κ1) is 22.1. The van der Waals surface area contributed by atoms with Gasteiger partial charge in [-0.1, -0.05) is 38.1 Å². The topological polar surface area (TPSA) is 69.1 Å². The molecule has 6 heteroatoms. The Kier molecular flexibility index (Phi) is 7.92. The molecule has 0 saturated carbocycles. The molecule has 2 aliphatic heterocycles. The van der Waals surface area contributed by atoms with Crippen LogP contribution in [0.2, 0.25) is 0 Å². The summed E-state index contributed by atoms with van der Waals surface area (Å²) in [5, 5.41) is 16.5. The van der Waals surface area contributed by atoms with E-state index < -0.39 is 0 Å². The van der Waals surface area contributed by atoms with Crippen molar-refractivity contribution in [1.29, 1.82) is 0 Å². The quantitative estimate of drug-likeness (QED) is 0.459. The lowest BCUT2D eigenvalue weighted by Gasteiger charge is -2.38. The second kappa shape index (κ2) is 10.4. The van der Waals surface area contributed by atoms with E-state index >= 15 is 0 Å². The summed E-state index contributed by atoms with van der Waals surface area (Å²) in [6.45, 7) is 10.0. The summed E-state index contributed by atoms with van der Waals surface area (Å²) in [6.07, 6.45) is 2.87. The highest BCUT2D eigenvalue weighted by atomic mass is 16.5. The Labute approximate surface area is 175 Å². The van der Waals surface area contributed by atoms with Crippen molar-refractivity contribution in [2.45, 2.75) is 45.7 Å². The minimum atomic E-state index is 0.0143. The van der Waals surface area contributed by atoms with Crippen molar-refractivity contribution in [3.63, 3.8) is 0 Å². The number of hydrogen-bond acceptors (Lipinski definition) is 4. The van der Waals surface area contributed by atoms with Crippen LogP contribution in [-0.2, 0) is 17.7 Å². The van der Waals surface area contributed by atoms with E-state index in [0.717, 1.165) is 58.0 Å². The monoisotopic (exact) mass is 402 g/mol. The first-order chi connectivity index (χ1) is 14.1. The molecule has 162 valence electrons. The summed E-state index contributed by atoms with van der Waals surface area (Å²) < 4.78 is 5.60. The lowest BCUT2D eigenvalue weighted by Crippen LogP contribution is -2.52. The number of fused-ring (bicyclic) bond motifs is 1. The summed E-state index contributed by atoms with van der Waals surface area (Å²) >= 11 is 0. The van der Waals surface area contributed by atoms with Crippen molar-refractivity contribution in [3.05, 3.63) is 35.4 Å². The van der Waals surface area contributed by atoms with Crippen molar-refractivity contribution < 1.29 is 9.84 Å². The number of ether oxygens (including phenoxy) is 1. The van der Waals surface area contributed by atoms with Crippen molar-refractivity contribution >= 4 is 5.96 Å². The Bertz CT molecular complexity index is 671. The molecule has 0 amide bonds. The molecule has 1 aromatic rings. The Hall–Kier alpha value is -1.63. The predicted octanol–water partition coefficient (Wildman–Crippen LogP) is 2.02. The van der Waals surface area contributed by atoms with Crippen LogP contribution in [0.3, 0.4) is 0 Å². The maximum Gasteiger partial charge on any atom is 0.191 e. The van der Waals surface area contributed by atoms with Crippen LogP contribution < -0.4 is 10.6 Å². The van der Waals surface area contributed by atoms with Gasteiger partial charge in [-0.25, -0.2) is 0 Å². The van der Waals surface area contributed by atoms with Crippen LogP contribution in [0.1, 0.15) is 37.8 Å². The van der Waals surface area contributed by atoms with E-state index in [4.69, 9.17) is 4.74 Å². The smallest absolute Gasteiger partial charge is 0.191 e. The van der Waals surface area contributed by atoms with Gasteiger partial charge in [0, 0.05) is 57.9 Å². The molecule has 2 unspecified atom stereocenters. The first-order valence-corrected chi connectivity index (χ1v) is 11.0. The number of aliphatic hydroxyl groups excluding tert-OH is 1. The van der Waals surface area contributed by atoms with Gasteiger partial charge < -0.3 is 20.5 Å². The molecule has 1 fully saturated rings. The number of aliphatic imine (C=N–C) groups is 1. The second-order valence-electron chi connectivity index (χ2n) is 8.88. The van der Waals surface area contributed by atoms with E-state index in [0.29, 0.717) is 18.6 Å². The van der Waals surface area contributed by atoms with Gasteiger partial charge in [0.05, 0.1) is 6.61 Å². The van der Waals surface area contributed by atoms with E-state index in [9.17, 15) is 5.11 Å². The fraction of sp³-hybridized carbons (Fsp3) is 0.696. The Morgan fingerprint density at radius 2 is 2.07 bits per heavy atom. The molecule has 0 aromatic heterocycles. The highest BCUT2D eigenvalue weighted by molar-refractivity contribution is 5.79. The van der Waals surface area contributed by atoms with Gasteiger partial charge in [0.25, 0.3) is 0 Å². The molecular weight excluding hydrogens is 364 g/mol. The van der Waals surface area contributed by atoms with Crippen molar-refractivity contribution in [3.8, 4) is 0 Å². The highest BCUT2D eigenvalue weighted by Crippen LogP contribution is 2.31. The third-order valence-corrected chi connectivity index (χ3v) is 6.56.